The van der Waals surface area contributed by atoms with Gasteiger partial charge in [-0.15, -0.1) is 10.2 Å². The van der Waals surface area contributed by atoms with Crippen LogP contribution in [0.1, 0.15) is 88.0 Å². The van der Waals surface area contributed by atoms with E-state index >= 15 is 0 Å². The van der Waals surface area contributed by atoms with E-state index < -0.39 is 12.1 Å². The van der Waals surface area contributed by atoms with E-state index in [4.69, 9.17) is 4.74 Å². The largest absolute Gasteiger partial charge is 0.484 e. The van der Waals surface area contributed by atoms with Gasteiger partial charge in [-0.3, -0.25) is 14.1 Å². The van der Waals surface area contributed by atoms with Gasteiger partial charge in [-0.2, -0.15) is 13.2 Å². The summed E-state index contributed by atoms with van der Waals surface area (Å²) in [6, 6.07) is 17.0. The molecule has 3 atom stereocenters. The predicted octanol–water partition coefficient (Wildman–Crippen LogP) is 6.96. The van der Waals surface area contributed by atoms with E-state index in [0.717, 1.165) is 63.9 Å². The number of hydrogen-bond donors (Lipinski definition) is 2. The van der Waals surface area contributed by atoms with Gasteiger partial charge >= 0.3 is 18.1 Å². The van der Waals surface area contributed by atoms with Gasteiger partial charge in [-0.05, 0) is 98.6 Å². The number of ether oxygens (including phenoxy) is 1. The number of likely N-dealkylation sites (tertiary alicyclic amines) is 1. The van der Waals surface area contributed by atoms with Gasteiger partial charge in [0.05, 0.1) is 17.8 Å². The lowest BCUT2D eigenvalue weighted by atomic mass is 9.85. The molecule has 14 heteroatoms. The summed E-state index contributed by atoms with van der Waals surface area (Å²) < 4.78 is 47.7. The molecule has 2 N–H and O–H groups in total. The van der Waals surface area contributed by atoms with Crippen LogP contribution in [-0.2, 0) is 15.7 Å². The Morgan fingerprint density at radius 2 is 1.66 bits per heavy atom. The molecule has 0 radical (unpaired) electrons. The fourth-order valence-electron chi connectivity index (χ4n) is 7.85. The highest BCUT2D eigenvalue weighted by molar-refractivity contribution is 5.90. The highest BCUT2D eigenvalue weighted by Gasteiger charge is 2.43. The molecule has 2 aromatic heterocycles. The second-order valence-electron chi connectivity index (χ2n) is 15.7. The number of benzene rings is 2. The van der Waals surface area contributed by atoms with Crippen LogP contribution < -0.4 is 20.3 Å². The first-order chi connectivity index (χ1) is 25.1. The van der Waals surface area contributed by atoms with Gasteiger partial charge in [-0.25, -0.2) is 4.79 Å². The van der Waals surface area contributed by atoms with Crippen molar-refractivity contribution in [1.29, 1.82) is 0 Å². The van der Waals surface area contributed by atoms with Crippen LogP contribution in [-0.4, -0.2) is 82.3 Å². The third kappa shape index (κ3) is 7.38. The van der Waals surface area contributed by atoms with Crippen molar-refractivity contribution < 1.29 is 27.5 Å². The zero-order chi connectivity index (χ0) is 37.7. The summed E-state index contributed by atoms with van der Waals surface area (Å²) >= 11 is 0. The molecule has 3 aliphatic rings. The van der Waals surface area contributed by atoms with Crippen LogP contribution in [0, 0.1) is 0 Å². The lowest BCUT2D eigenvalue weighted by molar-refractivity contribution is -0.185. The van der Waals surface area contributed by atoms with Gasteiger partial charge in [0, 0.05) is 37.6 Å². The number of nitrogens with one attached hydrogen (secondary N) is 2. The molecule has 4 aromatic rings. The van der Waals surface area contributed by atoms with Crippen molar-refractivity contribution in [2.45, 2.75) is 82.7 Å². The van der Waals surface area contributed by atoms with Gasteiger partial charge in [-0.1, -0.05) is 45.0 Å². The molecule has 11 nitrogen and oxygen atoms in total. The van der Waals surface area contributed by atoms with Gasteiger partial charge in [0.15, 0.2) is 11.5 Å². The van der Waals surface area contributed by atoms with E-state index in [9.17, 15) is 22.8 Å². The standard InChI is InChI=1S/C39H47F3N8O3/c1-37(2,3)25-21-26(23-27(22-25)48-17-19-49(20-18-48)35(51)39(40,41)42)43-36(52)44-31-12-13-32(30-10-7-6-9-29(30)31)53-28-11-14-33-45-46-34(50(33)24-28)38(4)15-8-16-47(38)5/h6-7,9-11,14,21-24,31-32H,8,12-13,15-20H2,1-5H3,(H2,43,44,52)/t31-,32+,38?/m0/s1. The van der Waals surface area contributed by atoms with Crippen molar-refractivity contribution in [3.63, 3.8) is 0 Å². The number of halogens is 3. The highest BCUT2D eigenvalue weighted by atomic mass is 19.4. The monoisotopic (exact) mass is 732 g/mol. The molecule has 7 rings (SSSR count). The number of carbonyl (C=O) groups excluding carboxylic acids is 2. The number of alkyl halides is 3. The first-order valence-corrected chi connectivity index (χ1v) is 18.3. The number of amides is 3. The second kappa shape index (κ2) is 13.9. The molecule has 3 amide bonds. The number of carbonyl (C=O) groups is 2. The molecule has 4 heterocycles. The number of rotatable bonds is 6. The third-order valence-corrected chi connectivity index (χ3v) is 11.1. The Morgan fingerprint density at radius 3 is 2.34 bits per heavy atom. The topological polar surface area (TPSA) is 107 Å². The number of piperazine rings is 1. The van der Waals surface area contributed by atoms with Crippen molar-refractivity contribution in [3.05, 3.63) is 83.3 Å². The normalized spacial score (nSPS) is 22.5. The summed E-state index contributed by atoms with van der Waals surface area (Å²) in [5.74, 6) is -0.196. The van der Waals surface area contributed by atoms with E-state index in [-0.39, 0.29) is 55.3 Å². The minimum Gasteiger partial charge on any atom is -0.484 e. The Bertz CT molecular complexity index is 2000. The summed E-state index contributed by atoms with van der Waals surface area (Å²) in [5.41, 5.74) is 4.61. The molecule has 2 aromatic carbocycles. The maximum Gasteiger partial charge on any atom is 0.471 e. The molecular weight excluding hydrogens is 685 g/mol. The molecule has 0 bridgehead atoms. The highest BCUT2D eigenvalue weighted by Crippen LogP contribution is 2.40. The summed E-state index contributed by atoms with van der Waals surface area (Å²) in [6.07, 6.45) is 0.318. The van der Waals surface area contributed by atoms with Crippen molar-refractivity contribution in [1.82, 2.24) is 29.7 Å². The fraction of sp³-hybridized carbons (Fsp3) is 0.487. The summed E-state index contributed by atoms with van der Waals surface area (Å²) in [6.45, 7) is 9.81. The average molecular weight is 733 g/mol. The van der Waals surface area contributed by atoms with Crippen LogP contribution in [0.15, 0.2) is 60.8 Å². The number of hydrogen-bond acceptors (Lipinski definition) is 7. The van der Waals surface area contributed by atoms with Crippen molar-refractivity contribution in [3.8, 4) is 5.75 Å². The molecule has 0 spiro atoms. The van der Waals surface area contributed by atoms with Crippen LogP contribution in [0.2, 0.25) is 0 Å². The Labute approximate surface area is 307 Å². The first kappa shape index (κ1) is 36.5. The minimum atomic E-state index is -4.89. The Kier molecular flexibility index (Phi) is 9.54. The summed E-state index contributed by atoms with van der Waals surface area (Å²) in [5, 5.41) is 15.2. The summed E-state index contributed by atoms with van der Waals surface area (Å²) in [7, 11) is 2.12. The molecule has 1 unspecified atom stereocenters. The fourth-order valence-corrected chi connectivity index (χ4v) is 7.85. The number of anilines is 2. The lowest BCUT2D eigenvalue weighted by Crippen LogP contribution is -2.52. The van der Waals surface area contributed by atoms with Gasteiger partial charge in [0.25, 0.3) is 0 Å². The molecule has 53 heavy (non-hydrogen) atoms. The van der Waals surface area contributed by atoms with Gasteiger partial charge in [0.2, 0.25) is 0 Å². The Morgan fingerprint density at radius 1 is 0.925 bits per heavy atom. The van der Waals surface area contributed by atoms with E-state index in [2.05, 4.69) is 60.5 Å². The number of fused-ring (bicyclic) bond motifs is 2. The predicted molar refractivity (Wildman–Crippen MR) is 196 cm³/mol. The van der Waals surface area contributed by atoms with Crippen LogP contribution in [0.4, 0.5) is 29.3 Å². The van der Waals surface area contributed by atoms with Crippen molar-refractivity contribution in [2.75, 3.05) is 50.0 Å². The molecular formula is C39H47F3N8O3. The van der Waals surface area contributed by atoms with Crippen LogP contribution >= 0.6 is 0 Å². The SMILES string of the molecule is CN1CCCC1(C)c1nnc2ccc(O[C@@H]3CC[C@H](NC(=O)Nc4cc(N5CCN(C(=O)C(F)(F)F)CC5)cc(C(C)(C)C)c4)c4ccccc43)cn12. The maximum absolute atomic E-state index is 13.6. The number of pyridine rings is 1. The van der Waals surface area contributed by atoms with E-state index in [1.54, 1.807) is 0 Å². The Balaban J connectivity index is 1.05. The van der Waals surface area contributed by atoms with E-state index in [0.29, 0.717) is 18.5 Å². The number of urea groups is 1. The molecule has 2 fully saturated rings. The number of aromatic nitrogens is 3. The quantitative estimate of drug-likeness (QED) is 0.221. The van der Waals surface area contributed by atoms with E-state index in [1.165, 1.54) is 0 Å². The van der Waals surface area contributed by atoms with Gasteiger partial charge < -0.3 is 25.2 Å². The number of nitrogens with zero attached hydrogens (tertiary/aromatic N) is 6. The molecule has 2 saturated heterocycles. The lowest BCUT2D eigenvalue weighted by Gasteiger charge is -2.37. The zero-order valence-corrected chi connectivity index (χ0v) is 30.8. The van der Waals surface area contributed by atoms with Gasteiger partial charge in [0.1, 0.15) is 11.9 Å². The van der Waals surface area contributed by atoms with Crippen molar-refractivity contribution in [2.24, 2.45) is 0 Å². The van der Waals surface area contributed by atoms with Crippen LogP contribution in [0.3, 0.4) is 0 Å². The second-order valence-corrected chi connectivity index (χ2v) is 15.7. The Hall–Kier alpha value is -4.85. The zero-order valence-electron chi connectivity index (χ0n) is 30.8. The van der Waals surface area contributed by atoms with Crippen LogP contribution in [0.25, 0.3) is 5.65 Å². The first-order valence-electron chi connectivity index (χ1n) is 18.3. The van der Waals surface area contributed by atoms with E-state index in [1.807, 2.05) is 70.1 Å². The smallest absolute Gasteiger partial charge is 0.471 e. The third-order valence-electron chi connectivity index (χ3n) is 11.1. The molecule has 282 valence electrons. The van der Waals surface area contributed by atoms with Crippen molar-refractivity contribution >= 4 is 29.0 Å². The average Bonchev–Trinajstić information content (AvgIpc) is 3.70. The molecule has 1 aliphatic carbocycles. The molecule has 0 saturated carbocycles. The minimum absolute atomic E-state index is 0.0411. The maximum atomic E-state index is 13.6. The molecule has 2 aliphatic heterocycles. The summed E-state index contributed by atoms with van der Waals surface area (Å²) in [4.78, 5) is 30.5. The van der Waals surface area contributed by atoms with Crippen LogP contribution in [0.5, 0.6) is 5.75 Å².